The van der Waals surface area contributed by atoms with E-state index >= 15 is 0 Å². The van der Waals surface area contributed by atoms with Crippen LogP contribution in [0.1, 0.15) is 23.6 Å². The SMILES string of the molecule is C=CCc1cc(C)c(OC(=O)C(=C)C)c(CC=C)c1. The summed E-state index contributed by atoms with van der Waals surface area (Å²) in [5, 5.41) is 0. The molecule has 0 atom stereocenters. The minimum atomic E-state index is -0.398. The minimum Gasteiger partial charge on any atom is -0.423 e. The van der Waals surface area contributed by atoms with Crippen molar-refractivity contribution >= 4 is 5.97 Å². The molecule has 100 valence electrons. The molecule has 0 N–H and O–H groups in total. The van der Waals surface area contributed by atoms with Gasteiger partial charge in [-0.15, -0.1) is 13.2 Å². The summed E-state index contributed by atoms with van der Waals surface area (Å²) in [7, 11) is 0. The van der Waals surface area contributed by atoms with Crippen molar-refractivity contribution in [2.45, 2.75) is 26.7 Å². The van der Waals surface area contributed by atoms with Gasteiger partial charge in [0.15, 0.2) is 0 Å². The summed E-state index contributed by atoms with van der Waals surface area (Å²) in [6.07, 6.45) is 5.10. The van der Waals surface area contributed by atoms with Crippen LogP contribution in [-0.4, -0.2) is 5.97 Å². The van der Waals surface area contributed by atoms with Crippen LogP contribution in [0.2, 0.25) is 0 Å². The van der Waals surface area contributed by atoms with Crippen LogP contribution in [-0.2, 0) is 17.6 Å². The molecule has 0 amide bonds. The van der Waals surface area contributed by atoms with Gasteiger partial charge in [-0.3, -0.25) is 0 Å². The quantitative estimate of drug-likeness (QED) is 0.333. The van der Waals surface area contributed by atoms with Crippen LogP contribution in [0.15, 0.2) is 49.6 Å². The van der Waals surface area contributed by atoms with Gasteiger partial charge in [-0.25, -0.2) is 4.79 Å². The van der Waals surface area contributed by atoms with E-state index in [0.717, 1.165) is 23.1 Å². The van der Waals surface area contributed by atoms with Gasteiger partial charge in [-0.2, -0.15) is 0 Å². The van der Waals surface area contributed by atoms with Crippen molar-refractivity contribution < 1.29 is 9.53 Å². The first kappa shape index (κ1) is 15.0. The molecule has 0 aliphatic heterocycles. The lowest BCUT2D eigenvalue weighted by atomic mass is 10.0. The molecular formula is C17H20O2. The third-order valence-corrected chi connectivity index (χ3v) is 2.70. The first-order valence-electron chi connectivity index (χ1n) is 6.21. The molecule has 2 heteroatoms. The molecule has 1 aromatic carbocycles. The third-order valence-electron chi connectivity index (χ3n) is 2.70. The maximum absolute atomic E-state index is 11.7. The summed E-state index contributed by atoms with van der Waals surface area (Å²) in [6.45, 7) is 14.6. The normalized spacial score (nSPS) is 9.79. The number of carbonyl (C=O) groups excluding carboxylic acids is 1. The zero-order chi connectivity index (χ0) is 14.4. The van der Waals surface area contributed by atoms with Crippen LogP contribution in [0.25, 0.3) is 0 Å². The maximum Gasteiger partial charge on any atom is 0.338 e. The lowest BCUT2D eigenvalue weighted by Crippen LogP contribution is -2.11. The highest BCUT2D eigenvalue weighted by Crippen LogP contribution is 2.27. The van der Waals surface area contributed by atoms with Gasteiger partial charge in [0.05, 0.1) is 0 Å². The standard InChI is InChI=1S/C17H20O2/c1-6-8-14-10-13(5)16(15(11-14)9-7-2)19-17(18)12(3)4/h6-7,10-11H,1-3,8-9H2,4-5H3. The summed E-state index contributed by atoms with van der Waals surface area (Å²) in [5.41, 5.74) is 3.44. The van der Waals surface area contributed by atoms with Gasteiger partial charge >= 0.3 is 5.97 Å². The Balaban J connectivity index is 3.20. The Hall–Kier alpha value is -2.09. The van der Waals surface area contributed by atoms with Crippen LogP contribution in [0.3, 0.4) is 0 Å². The van der Waals surface area contributed by atoms with Crippen molar-refractivity contribution in [1.29, 1.82) is 0 Å². The molecule has 0 unspecified atom stereocenters. The monoisotopic (exact) mass is 256 g/mol. The maximum atomic E-state index is 11.7. The molecule has 1 rings (SSSR count). The molecule has 0 aliphatic rings. The van der Waals surface area contributed by atoms with Crippen LogP contribution in [0.5, 0.6) is 5.75 Å². The number of esters is 1. The van der Waals surface area contributed by atoms with E-state index < -0.39 is 5.97 Å². The summed E-state index contributed by atoms with van der Waals surface area (Å²) < 4.78 is 5.41. The Morgan fingerprint density at radius 2 is 1.89 bits per heavy atom. The number of allylic oxidation sites excluding steroid dienone is 2. The van der Waals surface area contributed by atoms with Crippen LogP contribution < -0.4 is 4.74 Å². The molecule has 2 nitrogen and oxygen atoms in total. The predicted octanol–water partition coefficient (Wildman–Crippen LogP) is 3.93. The molecule has 0 saturated heterocycles. The van der Waals surface area contributed by atoms with E-state index in [4.69, 9.17) is 4.74 Å². The first-order chi connectivity index (χ1) is 8.99. The number of aryl methyl sites for hydroxylation is 1. The molecule has 0 spiro atoms. The second-order valence-electron chi connectivity index (χ2n) is 4.56. The number of ether oxygens (including phenoxy) is 1. The summed E-state index contributed by atoms with van der Waals surface area (Å²) in [4.78, 5) is 11.7. The van der Waals surface area contributed by atoms with Crippen molar-refractivity contribution in [2.24, 2.45) is 0 Å². The molecule has 0 radical (unpaired) electrons. The molecule has 0 heterocycles. The Kier molecular flexibility index (Phi) is 5.31. The van der Waals surface area contributed by atoms with Crippen molar-refractivity contribution in [3.63, 3.8) is 0 Å². The first-order valence-corrected chi connectivity index (χ1v) is 6.21. The van der Waals surface area contributed by atoms with Gasteiger partial charge in [0.25, 0.3) is 0 Å². The lowest BCUT2D eigenvalue weighted by Gasteiger charge is -2.14. The fraction of sp³-hybridized carbons (Fsp3) is 0.235. The summed E-state index contributed by atoms with van der Waals surface area (Å²) >= 11 is 0. The van der Waals surface area contributed by atoms with Crippen molar-refractivity contribution in [2.75, 3.05) is 0 Å². The van der Waals surface area contributed by atoms with Crippen LogP contribution >= 0.6 is 0 Å². The van der Waals surface area contributed by atoms with E-state index in [1.54, 1.807) is 13.0 Å². The molecular weight excluding hydrogens is 236 g/mol. The Morgan fingerprint density at radius 3 is 2.42 bits per heavy atom. The zero-order valence-electron chi connectivity index (χ0n) is 11.7. The van der Waals surface area contributed by atoms with Crippen molar-refractivity contribution in [1.82, 2.24) is 0 Å². The molecule has 0 bridgehead atoms. The molecule has 0 saturated carbocycles. The number of carbonyl (C=O) groups is 1. The van der Waals surface area contributed by atoms with Gasteiger partial charge in [0.1, 0.15) is 5.75 Å². The smallest absolute Gasteiger partial charge is 0.338 e. The number of hydrogen-bond donors (Lipinski definition) is 0. The highest BCUT2D eigenvalue weighted by atomic mass is 16.5. The third kappa shape index (κ3) is 3.95. The van der Waals surface area contributed by atoms with E-state index in [2.05, 4.69) is 19.7 Å². The Labute approximate surface area is 115 Å². The average Bonchev–Trinajstić information content (AvgIpc) is 2.34. The Morgan fingerprint density at radius 1 is 1.26 bits per heavy atom. The van der Waals surface area contributed by atoms with Crippen molar-refractivity contribution in [3.8, 4) is 5.75 Å². The highest BCUT2D eigenvalue weighted by molar-refractivity contribution is 5.89. The topological polar surface area (TPSA) is 26.3 Å². The van der Waals surface area contributed by atoms with Crippen LogP contribution in [0, 0.1) is 6.92 Å². The van der Waals surface area contributed by atoms with Gasteiger partial charge in [0, 0.05) is 5.57 Å². The summed E-state index contributed by atoms with van der Waals surface area (Å²) in [5.74, 6) is 0.214. The average molecular weight is 256 g/mol. The highest BCUT2D eigenvalue weighted by Gasteiger charge is 2.13. The van der Waals surface area contributed by atoms with Gasteiger partial charge in [-0.05, 0) is 43.4 Å². The zero-order valence-corrected chi connectivity index (χ0v) is 11.7. The van der Waals surface area contributed by atoms with E-state index in [0.29, 0.717) is 17.7 Å². The molecule has 0 fully saturated rings. The molecule has 19 heavy (non-hydrogen) atoms. The van der Waals surface area contributed by atoms with Gasteiger partial charge in [-0.1, -0.05) is 30.9 Å². The minimum absolute atomic E-state index is 0.388. The van der Waals surface area contributed by atoms with Gasteiger partial charge < -0.3 is 4.74 Å². The second-order valence-corrected chi connectivity index (χ2v) is 4.56. The molecule has 1 aromatic rings. The number of rotatable bonds is 6. The van der Waals surface area contributed by atoms with E-state index in [1.165, 1.54) is 0 Å². The molecule has 0 aliphatic carbocycles. The second kappa shape index (κ2) is 6.74. The number of benzene rings is 1. The lowest BCUT2D eigenvalue weighted by molar-refractivity contribution is -0.130. The van der Waals surface area contributed by atoms with Gasteiger partial charge in [0.2, 0.25) is 0 Å². The summed E-state index contributed by atoms with van der Waals surface area (Å²) in [6, 6.07) is 4.03. The van der Waals surface area contributed by atoms with E-state index in [-0.39, 0.29) is 0 Å². The van der Waals surface area contributed by atoms with E-state index in [1.807, 2.05) is 25.1 Å². The largest absolute Gasteiger partial charge is 0.423 e. The molecule has 0 aromatic heterocycles. The number of hydrogen-bond acceptors (Lipinski definition) is 2. The predicted molar refractivity (Wildman–Crippen MR) is 79.4 cm³/mol. The van der Waals surface area contributed by atoms with Crippen molar-refractivity contribution in [3.05, 3.63) is 66.3 Å². The van der Waals surface area contributed by atoms with E-state index in [9.17, 15) is 4.79 Å². The fourth-order valence-electron chi connectivity index (χ4n) is 1.85. The van der Waals surface area contributed by atoms with Crippen LogP contribution in [0.4, 0.5) is 0 Å². The Bertz CT molecular complexity index is 524. The fourth-order valence-corrected chi connectivity index (χ4v) is 1.85.